The highest BCUT2D eigenvalue weighted by molar-refractivity contribution is 7.99. The van der Waals surface area contributed by atoms with Gasteiger partial charge in [-0.3, -0.25) is 4.79 Å². The number of thiazole rings is 1. The van der Waals surface area contributed by atoms with E-state index in [1.807, 2.05) is 41.8 Å². The molecule has 0 aliphatic carbocycles. The summed E-state index contributed by atoms with van der Waals surface area (Å²) in [5.74, 6) is 0.512. The van der Waals surface area contributed by atoms with Crippen LogP contribution in [0.3, 0.4) is 0 Å². The first-order valence-corrected chi connectivity index (χ1v) is 10.7. The molecule has 8 heteroatoms. The number of hydrogen-bond donors (Lipinski definition) is 0. The van der Waals surface area contributed by atoms with E-state index in [1.54, 1.807) is 12.3 Å². The van der Waals surface area contributed by atoms with Gasteiger partial charge in [-0.1, -0.05) is 30.3 Å². The molecule has 0 bridgehead atoms. The molecule has 2 aromatic heterocycles. The fourth-order valence-corrected chi connectivity index (χ4v) is 5.28. The van der Waals surface area contributed by atoms with Crippen LogP contribution in [0.15, 0.2) is 58.5 Å². The zero-order chi connectivity index (χ0) is 19.5. The maximum atomic E-state index is 12.6. The van der Waals surface area contributed by atoms with Gasteiger partial charge in [0.25, 0.3) is 0 Å². The molecule has 1 amide bonds. The molecule has 0 N–H and O–H groups in total. The van der Waals surface area contributed by atoms with Crippen molar-refractivity contribution in [2.75, 3.05) is 5.75 Å². The third-order valence-electron chi connectivity index (χ3n) is 4.36. The lowest BCUT2D eigenvalue weighted by Gasteiger charge is -2.25. The van der Waals surface area contributed by atoms with E-state index >= 15 is 0 Å². The first-order chi connectivity index (χ1) is 13.6. The van der Waals surface area contributed by atoms with Crippen molar-refractivity contribution in [3.05, 3.63) is 65.6 Å². The minimum atomic E-state index is -0.634. The molecule has 0 unspecified atom stereocenters. The number of thioether (sulfide) groups is 1. The first-order valence-electron chi connectivity index (χ1n) is 8.74. The Bertz CT molecular complexity index is 956. The van der Waals surface area contributed by atoms with E-state index in [2.05, 4.69) is 4.98 Å². The van der Waals surface area contributed by atoms with Crippen LogP contribution in [-0.4, -0.2) is 33.6 Å². The third kappa shape index (κ3) is 3.83. The lowest BCUT2D eigenvalue weighted by atomic mass is 10.2. The van der Waals surface area contributed by atoms with E-state index in [0.717, 1.165) is 10.6 Å². The second-order valence-electron chi connectivity index (χ2n) is 6.26. The molecule has 1 aromatic carbocycles. The summed E-state index contributed by atoms with van der Waals surface area (Å²) in [4.78, 5) is 30.9. The van der Waals surface area contributed by atoms with Gasteiger partial charge in [0.05, 0.1) is 12.0 Å². The quantitative estimate of drug-likeness (QED) is 0.585. The van der Waals surface area contributed by atoms with Gasteiger partial charge in [-0.25, -0.2) is 9.78 Å². The smallest absolute Gasteiger partial charge is 0.330 e. The molecular formula is C20H18N2O4S2. The predicted octanol–water partition coefficient (Wildman–Crippen LogP) is 4.11. The topological polar surface area (TPSA) is 72.6 Å². The van der Waals surface area contributed by atoms with Crippen LogP contribution >= 0.6 is 23.1 Å². The SMILES string of the molecule is CC(=O)N1[C@H](C(=O)OCc2csc(-c3ccccc3)n2)CS[C@H]1c1ccco1. The van der Waals surface area contributed by atoms with Crippen LogP contribution in [-0.2, 0) is 20.9 Å². The summed E-state index contributed by atoms with van der Waals surface area (Å²) in [5.41, 5.74) is 1.72. The minimum Gasteiger partial charge on any atom is -0.466 e. The Labute approximate surface area is 170 Å². The highest BCUT2D eigenvalue weighted by Crippen LogP contribution is 2.41. The number of hydrogen-bond acceptors (Lipinski definition) is 7. The maximum absolute atomic E-state index is 12.6. The molecule has 1 fully saturated rings. The average molecular weight is 415 g/mol. The van der Waals surface area contributed by atoms with Crippen LogP contribution < -0.4 is 0 Å². The monoisotopic (exact) mass is 414 g/mol. The fraction of sp³-hybridized carbons (Fsp3) is 0.250. The number of furan rings is 1. The van der Waals surface area contributed by atoms with Crippen molar-refractivity contribution in [2.24, 2.45) is 0 Å². The van der Waals surface area contributed by atoms with E-state index < -0.39 is 12.0 Å². The molecule has 1 saturated heterocycles. The number of esters is 1. The van der Waals surface area contributed by atoms with Crippen LogP contribution in [0.1, 0.15) is 23.8 Å². The van der Waals surface area contributed by atoms with Crippen molar-refractivity contribution in [3.63, 3.8) is 0 Å². The van der Waals surface area contributed by atoms with Crippen LogP contribution in [0.25, 0.3) is 10.6 Å². The molecule has 0 radical (unpaired) electrons. The maximum Gasteiger partial charge on any atom is 0.330 e. The van der Waals surface area contributed by atoms with Gasteiger partial charge in [0.15, 0.2) is 0 Å². The van der Waals surface area contributed by atoms with Crippen LogP contribution in [0, 0.1) is 0 Å². The van der Waals surface area contributed by atoms with Gasteiger partial charge in [0.2, 0.25) is 5.91 Å². The summed E-state index contributed by atoms with van der Waals surface area (Å²) in [6, 6.07) is 12.8. The molecule has 0 saturated carbocycles. The van der Waals surface area contributed by atoms with Crippen molar-refractivity contribution < 1.29 is 18.7 Å². The highest BCUT2D eigenvalue weighted by Gasteiger charge is 2.43. The molecule has 2 atom stereocenters. The predicted molar refractivity (Wildman–Crippen MR) is 108 cm³/mol. The number of carbonyl (C=O) groups is 2. The molecular weight excluding hydrogens is 396 g/mol. The normalized spacial score (nSPS) is 19.0. The van der Waals surface area contributed by atoms with E-state index in [1.165, 1.54) is 34.9 Å². The van der Waals surface area contributed by atoms with Crippen molar-refractivity contribution in [3.8, 4) is 10.6 Å². The van der Waals surface area contributed by atoms with Crippen molar-refractivity contribution in [1.29, 1.82) is 0 Å². The largest absolute Gasteiger partial charge is 0.466 e. The number of benzene rings is 1. The molecule has 28 heavy (non-hydrogen) atoms. The second kappa shape index (κ2) is 8.20. The molecule has 1 aliphatic heterocycles. The van der Waals surface area contributed by atoms with Crippen molar-refractivity contribution >= 4 is 35.0 Å². The number of aromatic nitrogens is 1. The van der Waals surface area contributed by atoms with Crippen molar-refractivity contribution in [2.45, 2.75) is 24.9 Å². The summed E-state index contributed by atoms with van der Waals surface area (Å²) in [6.45, 7) is 1.54. The summed E-state index contributed by atoms with van der Waals surface area (Å²) in [7, 11) is 0. The standard InChI is InChI=1S/C20H18N2O4S2/c1-13(23)22-16(12-28-19(22)17-8-5-9-25-17)20(24)26-10-15-11-27-18(21-15)14-6-3-2-4-7-14/h2-9,11,16,19H,10,12H2,1H3/t16-,19-/m0/s1. The Morgan fingerprint density at radius 3 is 2.79 bits per heavy atom. The van der Waals surface area contributed by atoms with Gasteiger partial charge in [-0.15, -0.1) is 23.1 Å². The van der Waals surface area contributed by atoms with E-state index in [-0.39, 0.29) is 17.9 Å². The molecule has 3 heterocycles. The Kier molecular flexibility index (Phi) is 5.50. The molecule has 0 spiro atoms. The number of carbonyl (C=O) groups excluding carboxylic acids is 2. The van der Waals surface area contributed by atoms with Gasteiger partial charge in [-0.2, -0.15) is 0 Å². The van der Waals surface area contributed by atoms with Crippen molar-refractivity contribution in [1.82, 2.24) is 9.88 Å². The minimum absolute atomic E-state index is 0.0838. The van der Waals surface area contributed by atoms with Gasteiger partial charge in [0, 0.05) is 23.6 Å². The summed E-state index contributed by atoms with van der Waals surface area (Å²) >= 11 is 3.00. The van der Waals surface area contributed by atoms with Gasteiger partial charge >= 0.3 is 5.97 Å². The fourth-order valence-electron chi connectivity index (χ4n) is 3.05. The van der Waals surface area contributed by atoms with Gasteiger partial charge < -0.3 is 14.1 Å². The lowest BCUT2D eigenvalue weighted by Crippen LogP contribution is -2.42. The molecule has 6 nitrogen and oxygen atoms in total. The molecule has 144 valence electrons. The Morgan fingerprint density at radius 2 is 2.07 bits per heavy atom. The lowest BCUT2D eigenvalue weighted by molar-refractivity contribution is -0.154. The number of ether oxygens (including phenoxy) is 1. The molecule has 4 rings (SSSR count). The zero-order valence-corrected chi connectivity index (χ0v) is 16.7. The average Bonchev–Trinajstić information content (AvgIpc) is 3.46. The Balaban J connectivity index is 1.41. The highest BCUT2D eigenvalue weighted by atomic mass is 32.2. The van der Waals surface area contributed by atoms with E-state index in [4.69, 9.17) is 9.15 Å². The van der Waals surface area contributed by atoms with Gasteiger partial charge in [-0.05, 0) is 12.1 Å². The molecule has 1 aliphatic rings. The number of rotatable bonds is 5. The Hall–Kier alpha value is -2.58. The zero-order valence-electron chi connectivity index (χ0n) is 15.1. The van der Waals surface area contributed by atoms with E-state index in [9.17, 15) is 9.59 Å². The number of nitrogens with zero attached hydrogens (tertiary/aromatic N) is 2. The number of amides is 1. The first kappa shape index (κ1) is 18.8. The summed E-state index contributed by atoms with van der Waals surface area (Å²) in [5, 5.41) is 2.45. The van der Waals surface area contributed by atoms with Crippen LogP contribution in [0.4, 0.5) is 0 Å². The molecule has 3 aromatic rings. The summed E-state index contributed by atoms with van der Waals surface area (Å²) in [6.07, 6.45) is 1.56. The third-order valence-corrected chi connectivity index (χ3v) is 6.58. The summed E-state index contributed by atoms with van der Waals surface area (Å²) < 4.78 is 10.9. The van der Waals surface area contributed by atoms with Crippen LogP contribution in [0.2, 0.25) is 0 Å². The van der Waals surface area contributed by atoms with Crippen LogP contribution in [0.5, 0.6) is 0 Å². The van der Waals surface area contributed by atoms with E-state index in [0.29, 0.717) is 17.2 Å². The Morgan fingerprint density at radius 1 is 1.25 bits per heavy atom. The second-order valence-corrected chi connectivity index (χ2v) is 8.23. The van der Waals surface area contributed by atoms with Gasteiger partial charge in [0.1, 0.15) is 28.8 Å².